The lowest BCUT2D eigenvalue weighted by Crippen LogP contribution is -2.53. The first-order valence-corrected chi connectivity index (χ1v) is 9.94. The summed E-state index contributed by atoms with van der Waals surface area (Å²) >= 11 is 12.1. The summed E-state index contributed by atoms with van der Waals surface area (Å²) < 4.78 is 0. The van der Waals surface area contributed by atoms with Crippen LogP contribution < -0.4 is 5.32 Å². The number of carbonyl (C=O) groups excluding carboxylic acids is 1. The second-order valence-electron chi connectivity index (χ2n) is 6.80. The first-order valence-electron chi connectivity index (χ1n) is 9.18. The van der Waals surface area contributed by atoms with Gasteiger partial charge in [0.05, 0.1) is 22.8 Å². The van der Waals surface area contributed by atoms with Crippen LogP contribution in [0.4, 0.5) is 5.69 Å². The number of halogens is 2. The molecule has 0 aromatic heterocycles. The van der Waals surface area contributed by atoms with Crippen LogP contribution in [0.2, 0.25) is 10.0 Å². The van der Waals surface area contributed by atoms with Crippen LogP contribution in [0.3, 0.4) is 0 Å². The molecule has 1 amide bonds. The number of piperazine rings is 1. The van der Waals surface area contributed by atoms with Gasteiger partial charge in [-0.3, -0.25) is 14.6 Å². The normalized spacial score (nSPS) is 17.5. The first kappa shape index (κ1) is 20.6. The van der Waals surface area contributed by atoms with E-state index in [0.29, 0.717) is 28.8 Å². The molecule has 28 heavy (non-hydrogen) atoms. The molecule has 2 unspecified atom stereocenters. The average Bonchev–Trinajstić information content (AvgIpc) is 2.72. The van der Waals surface area contributed by atoms with E-state index in [1.165, 1.54) is 0 Å². The zero-order valence-corrected chi connectivity index (χ0v) is 17.1. The Kier molecular flexibility index (Phi) is 6.93. The van der Waals surface area contributed by atoms with E-state index in [4.69, 9.17) is 23.2 Å². The average molecular weight is 417 g/mol. The molecule has 0 spiro atoms. The Bertz CT molecular complexity index is 860. The highest BCUT2D eigenvalue weighted by Crippen LogP contribution is 2.26. The fraction of sp³-hybridized carbons (Fsp3) is 0.333. The third-order valence-electron chi connectivity index (χ3n) is 5.07. The number of rotatable bonds is 5. The number of anilines is 1. The van der Waals surface area contributed by atoms with Crippen LogP contribution in [-0.4, -0.2) is 47.9 Å². The van der Waals surface area contributed by atoms with Crippen LogP contribution in [0.15, 0.2) is 48.5 Å². The predicted molar refractivity (Wildman–Crippen MR) is 112 cm³/mol. The minimum absolute atomic E-state index is 0.127. The standard InChI is InChI=1S/C21H22Cl2N4O/c1-15(21(28)25-19-13-17(22)7-8-18(19)23)26-9-11-27(12-10-26)20(14-24)16-5-3-2-4-6-16/h2-8,13,15,20H,9-12H2,1H3,(H,25,28). The first-order chi connectivity index (χ1) is 13.5. The molecule has 0 radical (unpaired) electrons. The molecule has 1 heterocycles. The Morgan fingerprint density at radius 3 is 2.36 bits per heavy atom. The van der Waals surface area contributed by atoms with E-state index in [-0.39, 0.29) is 18.0 Å². The second-order valence-corrected chi connectivity index (χ2v) is 7.65. The van der Waals surface area contributed by atoms with Gasteiger partial charge < -0.3 is 5.32 Å². The molecule has 0 bridgehead atoms. The van der Waals surface area contributed by atoms with Gasteiger partial charge in [0.1, 0.15) is 6.04 Å². The molecule has 1 fully saturated rings. The molecule has 2 atom stereocenters. The van der Waals surface area contributed by atoms with Crippen molar-refractivity contribution in [3.8, 4) is 6.07 Å². The summed E-state index contributed by atoms with van der Waals surface area (Å²) in [6, 6.07) is 16.6. The van der Waals surface area contributed by atoms with E-state index in [1.807, 2.05) is 37.3 Å². The quantitative estimate of drug-likeness (QED) is 0.792. The number of amides is 1. The SMILES string of the molecule is CC(C(=O)Nc1cc(Cl)ccc1Cl)N1CCN(C(C#N)c2ccccc2)CC1. The van der Waals surface area contributed by atoms with E-state index >= 15 is 0 Å². The van der Waals surface area contributed by atoms with Gasteiger partial charge in [-0.25, -0.2) is 0 Å². The Hall–Kier alpha value is -2.10. The van der Waals surface area contributed by atoms with Crippen LogP contribution >= 0.6 is 23.2 Å². The van der Waals surface area contributed by atoms with Crippen LogP contribution in [0, 0.1) is 11.3 Å². The number of nitriles is 1. The summed E-state index contributed by atoms with van der Waals surface area (Å²) in [6.07, 6.45) is 0. The zero-order chi connectivity index (χ0) is 20.1. The van der Waals surface area contributed by atoms with Crippen molar-refractivity contribution in [1.29, 1.82) is 5.26 Å². The van der Waals surface area contributed by atoms with E-state index in [9.17, 15) is 10.1 Å². The lowest BCUT2D eigenvalue weighted by molar-refractivity contribution is -0.121. The van der Waals surface area contributed by atoms with Crippen molar-refractivity contribution in [2.45, 2.75) is 19.0 Å². The fourth-order valence-corrected chi connectivity index (χ4v) is 3.72. The van der Waals surface area contributed by atoms with Gasteiger partial charge in [-0.05, 0) is 30.7 Å². The lowest BCUT2D eigenvalue weighted by atomic mass is 10.1. The molecule has 1 aliphatic rings. The molecular weight excluding hydrogens is 395 g/mol. The fourth-order valence-electron chi connectivity index (χ4n) is 3.38. The third-order valence-corrected chi connectivity index (χ3v) is 5.63. The van der Waals surface area contributed by atoms with Gasteiger partial charge >= 0.3 is 0 Å². The Balaban J connectivity index is 1.59. The highest BCUT2D eigenvalue weighted by atomic mass is 35.5. The predicted octanol–water partition coefficient (Wildman–Crippen LogP) is 4.20. The molecule has 1 N–H and O–H groups in total. The molecule has 1 aliphatic heterocycles. The molecular formula is C21H22Cl2N4O. The maximum absolute atomic E-state index is 12.6. The lowest BCUT2D eigenvalue weighted by Gasteiger charge is -2.39. The van der Waals surface area contributed by atoms with Gasteiger partial charge in [-0.2, -0.15) is 5.26 Å². The van der Waals surface area contributed by atoms with Gasteiger partial charge in [0, 0.05) is 31.2 Å². The van der Waals surface area contributed by atoms with Crippen molar-refractivity contribution < 1.29 is 4.79 Å². The van der Waals surface area contributed by atoms with E-state index in [0.717, 1.165) is 18.7 Å². The molecule has 5 nitrogen and oxygen atoms in total. The van der Waals surface area contributed by atoms with Gasteiger partial charge in [0.15, 0.2) is 0 Å². The molecule has 1 saturated heterocycles. The van der Waals surface area contributed by atoms with Crippen LogP contribution in [0.1, 0.15) is 18.5 Å². The molecule has 0 aliphatic carbocycles. The number of benzene rings is 2. The van der Waals surface area contributed by atoms with Crippen molar-refractivity contribution in [3.63, 3.8) is 0 Å². The monoisotopic (exact) mass is 416 g/mol. The van der Waals surface area contributed by atoms with Gasteiger partial charge in [-0.1, -0.05) is 53.5 Å². The summed E-state index contributed by atoms with van der Waals surface area (Å²) in [7, 11) is 0. The van der Waals surface area contributed by atoms with Crippen LogP contribution in [-0.2, 0) is 4.79 Å². The summed E-state index contributed by atoms with van der Waals surface area (Å²) in [6.45, 7) is 4.75. The highest BCUT2D eigenvalue weighted by molar-refractivity contribution is 6.35. The summed E-state index contributed by atoms with van der Waals surface area (Å²) in [4.78, 5) is 16.9. The molecule has 146 valence electrons. The van der Waals surface area contributed by atoms with Crippen LogP contribution in [0.25, 0.3) is 0 Å². The molecule has 2 aromatic carbocycles. The van der Waals surface area contributed by atoms with Crippen molar-refractivity contribution in [2.75, 3.05) is 31.5 Å². The smallest absolute Gasteiger partial charge is 0.241 e. The maximum Gasteiger partial charge on any atom is 0.241 e. The van der Waals surface area contributed by atoms with Crippen molar-refractivity contribution in [1.82, 2.24) is 9.80 Å². The zero-order valence-electron chi connectivity index (χ0n) is 15.6. The second kappa shape index (κ2) is 9.40. The summed E-state index contributed by atoms with van der Waals surface area (Å²) in [5.74, 6) is -0.127. The minimum Gasteiger partial charge on any atom is -0.323 e. The number of hydrogen-bond acceptors (Lipinski definition) is 4. The Labute approximate surface area is 175 Å². The van der Waals surface area contributed by atoms with E-state index in [1.54, 1.807) is 18.2 Å². The number of nitrogens with one attached hydrogen (secondary N) is 1. The highest BCUT2D eigenvalue weighted by Gasteiger charge is 2.29. The van der Waals surface area contributed by atoms with E-state index < -0.39 is 0 Å². The third kappa shape index (κ3) is 4.84. The van der Waals surface area contributed by atoms with Gasteiger partial charge in [0.25, 0.3) is 0 Å². The summed E-state index contributed by atoms with van der Waals surface area (Å²) in [5, 5.41) is 13.4. The van der Waals surface area contributed by atoms with Crippen molar-refractivity contribution in [3.05, 3.63) is 64.1 Å². The number of carbonyl (C=O) groups is 1. The van der Waals surface area contributed by atoms with Crippen LogP contribution in [0.5, 0.6) is 0 Å². The molecule has 7 heteroatoms. The van der Waals surface area contributed by atoms with Crippen molar-refractivity contribution in [2.24, 2.45) is 0 Å². The minimum atomic E-state index is -0.311. The summed E-state index contributed by atoms with van der Waals surface area (Å²) in [5.41, 5.74) is 1.51. The Morgan fingerprint density at radius 2 is 1.71 bits per heavy atom. The molecule has 3 rings (SSSR count). The Morgan fingerprint density at radius 1 is 1.07 bits per heavy atom. The number of hydrogen-bond donors (Lipinski definition) is 1. The van der Waals surface area contributed by atoms with Crippen molar-refractivity contribution >= 4 is 34.8 Å². The topological polar surface area (TPSA) is 59.4 Å². The molecule has 2 aromatic rings. The maximum atomic E-state index is 12.6. The number of nitrogens with zero attached hydrogens (tertiary/aromatic N) is 3. The van der Waals surface area contributed by atoms with Gasteiger partial charge in [0.2, 0.25) is 5.91 Å². The van der Waals surface area contributed by atoms with E-state index in [2.05, 4.69) is 21.2 Å². The van der Waals surface area contributed by atoms with Gasteiger partial charge in [-0.15, -0.1) is 0 Å². The molecule has 0 saturated carbocycles. The largest absolute Gasteiger partial charge is 0.323 e.